The van der Waals surface area contributed by atoms with Gasteiger partial charge in [0.15, 0.2) is 11.1 Å². The van der Waals surface area contributed by atoms with Crippen LogP contribution in [0.5, 0.6) is 11.6 Å². The van der Waals surface area contributed by atoms with Gasteiger partial charge in [-0.2, -0.15) is 15.2 Å². The number of benzene rings is 1. The number of nitriles is 1. The molecule has 0 amide bonds. The second-order valence-electron chi connectivity index (χ2n) is 7.27. The molecule has 0 saturated carbocycles. The summed E-state index contributed by atoms with van der Waals surface area (Å²) in [6.07, 6.45) is 2.05. The first-order valence-corrected chi connectivity index (χ1v) is 11.4. The lowest BCUT2D eigenvalue weighted by Crippen LogP contribution is -2.34. The van der Waals surface area contributed by atoms with E-state index in [1.54, 1.807) is 31.3 Å². The summed E-state index contributed by atoms with van der Waals surface area (Å²) in [7, 11) is 3.47. The molecule has 14 nitrogen and oxygen atoms in total. The highest BCUT2D eigenvalue weighted by Gasteiger charge is 2.30. The van der Waals surface area contributed by atoms with Crippen LogP contribution in [-0.2, 0) is 4.79 Å². The highest BCUT2D eigenvalue weighted by molar-refractivity contribution is 7.98. The van der Waals surface area contributed by atoms with Crippen LogP contribution in [0.25, 0.3) is 0 Å². The molecule has 1 aromatic heterocycles. The quantitative estimate of drug-likeness (QED) is 0.0533. The molecule has 2 aromatic rings. The van der Waals surface area contributed by atoms with Gasteiger partial charge < -0.3 is 31.1 Å². The Labute approximate surface area is 205 Å². The number of aromatic nitrogens is 2. The van der Waals surface area contributed by atoms with Gasteiger partial charge in [-0.05, 0) is 31.2 Å². The van der Waals surface area contributed by atoms with Crippen molar-refractivity contribution in [3.05, 3.63) is 33.9 Å². The first kappa shape index (κ1) is 26.9. The molecule has 0 fully saturated rings. The number of carbonyl (C=O) groups is 1. The Morgan fingerprint density at radius 3 is 2.71 bits per heavy atom. The van der Waals surface area contributed by atoms with Crippen LogP contribution >= 0.6 is 11.8 Å². The summed E-state index contributed by atoms with van der Waals surface area (Å²) in [5, 5.41) is 43.3. The van der Waals surface area contributed by atoms with Crippen LogP contribution in [0.2, 0.25) is 0 Å². The minimum absolute atomic E-state index is 0.0728. The predicted octanol–water partition coefficient (Wildman–Crippen LogP) is 1.97. The highest BCUT2D eigenvalue weighted by Crippen LogP contribution is 2.38. The number of thioether (sulfide) groups is 1. The van der Waals surface area contributed by atoms with Crippen LogP contribution in [0, 0.1) is 26.9 Å². The van der Waals surface area contributed by atoms with Gasteiger partial charge in [-0.1, -0.05) is 11.8 Å². The summed E-state index contributed by atoms with van der Waals surface area (Å²) in [4.78, 5) is 32.9. The summed E-state index contributed by atoms with van der Waals surface area (Å²) in [6, 6.07) is 5.38. The van der Waals surface area contributed by atoms with Crippen molar-refractivity contribution >= 4 is 40.9 Å². The molecule has 0 saturated heterocycles. The molecule has 1 aromatic carbocycles. The van der Waals surface area contributed by atoms with Crippen LogP contribution in [0.3, 0.4) is 0 Å². The monoisotopic (exact) mass is 503 g/mol. The average Bonchev–Trinajstić information content (AvgIpc) is 2.79. The van der Waals surface area contributed by atoms with Gasteiger partial charge in [0.2, 0.25) is 5.82 Å². The van der Waals surface area contributed by atoms with E-state index in [0.29, 0.717) is 17.7 Å². The molecule has 1 atom stereocenters. The zero-order valence-corrected chi connectivity index (χ0v) is 20.0. The van der Waals surface area contributed by atoms with Gasteiger partial charge in [0, 0.05) is 26.7 Å². The molecular formula is C20H25N9O5S. The maximum atomic E-state index is 11.9. The van der Waals surface area contributed by atoms with Crippen molar-refractivity contribution in [1.29, 1.82) is 10.7 Å². The number of hydrogen-bond acceptors (Lipinski definition) is 11. The molecule has 35 heavy (non-hydrogen) atoms. The summed E-state index contributed by atoms with van der Waals surface area (Å²) in [5.74, 6) is -1.98. The van der Waals surface area contributed by atoms with Gasteiger partial charge in [-0.3, -0.25) is 15.5 Å². The molecule has 0 spiro atoms. The van der Waals surface area contributed by atoms with Gasteiger partial charge >= 0.3 is 17.5 Å². The molecule has 0 aliphatic carbocycles. The van der Waals surface area contributed by atoms with E-state index in [9.17, 15) is 25.3 Å². The van der Waals surface area contributed by atoms with E-state index in [-0.39, 0.29) is 41.5 Å². The number of anilines is 2. The van der Waals surface area contributed by atoms with Crippen molar-refractivity contribution in [2.24, 2.45) is 5.73 Å². The lowest BCUT2D eigenvalue weighted by Gasteiger charge is -2.17. The maximum Gasteiger partial charge on any atom is 0.373 e. The third-order valence-electron chi connectivity index (χ3n) is 4.58. The van der Waals surface area contributed by atoms with Crippen molar-refractivity contribution < 1.29 is 19.6 Å². The molecule has 15 heteroatoms. The summed E-state index contributed by atoms with van der Waals surface area (Å²) < 4.78 is 5.73. The number of nitrogens with one attached hydrogen (secondary N) is 3. The number of hydrogen-bond donors (Lipinski definition) is 5. The summed E-state index contributed by atoms with van der Waals surface area (Å²) in [5.41, 5.74) is 5.50. The van der Waals surface area contributed by atoms with Gasteiger partial charge in [0.25, 0.3) is 0 Å². The molecule has 6 N–H and O–H groups in total. The smallest absolute Gasteiger partial charge is 0.373 e. The highest BCUT2D eigenvalue weighted by atomic mass is 32.2. The van der Waals surface area contributed by atoms with Crippen molar-refractivity contribution in [2.75, 3.05) is 37.1 Å². The number of aliphatic carboxylic acids is 1. The number of carboxylic acids is 1. The van der Waals surface area contributed by atoms with E-state index in [2.05, 4.69) is 26.7 Å². The van der Waals surface area contributed by atoms with Crippen molar-refractivity contribution in [3.63, 3.8) is 0 Å². The Bertz CT molecular complexity index is 1150. The lowest BCUT2D eigenvalue weighted by molar-refractivity contribution is -0.385. The SMILES string of the molecule is CSc1nc(NC(CCCNC(=N)N)C(=O)O)c([N+](=O)[O-])c(Oc2ccc(C#N)c(N(C)C)c2)n1. The Morgan fingerprint density at radius 1 is 1.46 bits per heavy atom. The van der Waals surface area contributed by atoms with Gasteiger partial charge in [0.1, 0.15) is 17.9 Å². The van der Waals surface area contributed by atoms with E-state index in [1.807, 2.05) is 0 Å². The fraction of sp³-hybridized carbons (Fsp3) is 0.350. The topological polar surface area (TPSA) is 216 Å². The minimum atomic E-state index is -1.24. The molecule has 186 valence electrons. The number of nitro groups is 1. The van der Waals surface area contributed by atoms with Crippen LogP contribution < -0.4 is 26.0 Å². The van der Waals surface area contributed by atoms with Crippen LogP contribution in [0.15, 0.2) is 23.4 Å². The fourth-order valence-corrected chi connectivity index (χ4v) is 3.30. The molecule has 1 heterocycles. The Morgan fingerprint density at radius 2 is 2.17 bits per heavy atom. The normalized spacial score (nSPS) is 11.1. The van der Waals surface area contributed by atoms with E-state index >= 15 is 0 Å². The summed E-state index contributed by atoms with van der Waals surface area (Å²) in [6.45, 7) is 0.254. The third-order valence-corrected chi connectivity index (χ3v) is 5.12. The van der Waals surface area contributed by atoms with Crippen LogP contribution in [0.4, 0.5) is 17.2 Å². The van der Waals surface area contributed by atoms with Crippen LogP contribution in [-0.4, -0.2) is 64.9 Å². The predicted molar refractivity (Wildman–Crippen MR) is 130 cm³/mol. The van der Waals surface area contributed by atoms with Crippen molar-refractivity contribution in [2.45, 2.75) is 24.0 Å². The van der Waals surface area contributed by atoms with E-state index < -0.39 is 22.6 Å². The van der Waals surface area contributed by atoms with Gasteiger partial charge in [-0.25, -0.2) is 4.79 Å². The second kappa shape index (κ2) is 12.2. The number of nitrogens with zero attached hydrogens (tertiary/aromatic N) is 5. The van der Waals surface area contributed by atoms with E-state index in [4.69, 9.17) is 15.9 Å². The third kappa shape index (κ3) is 7.33. The maximum absolute atomic E-state index is 11.9. The number of rotatable bonds is 12. The number of carboxylic acid groups (broad SMARTS) is 1. The van der Waals surface area contributed by atoms with E-state index in [1.165, 1.54) is 12.1 Å². The lowest BCUT2D eigenvalue weighted by atomic mass is 10.1. The fourth-order valence-electron chi connectivity index (χ4n) is 2.95. The zero-order chi connectivity index (χ0) is 26.1. The first-order chi connectivity index (χ1) is 16.6. The Balaban J connectivity index is 2.45. The largest absolute Gasteiger partial charge is 0.480 e. The Kier molecular flexibility index (Phi) is 9.41. The second-order valence-corrected chi connectivity index (χ2v) is 8.05. The van der Waals surface area contributed by atoms with Crippen LogP contribution in [0.1, 0.15) is 18.4 Å². The van der Waals surface area contributed by atoms with Crippen molar-refractivity contribution in [1.82, 2.24) is 15.3 Å². The molecule has 0 bridgehead atoms. The molecule has 0 radical (unpaired) electrons. The average molecular weight is 504 g/mol. The minimum Gasteiger partial charge on any atom is -0.480 e. The molecule has 2 rings (SSSR count). The molecule has 1 unspecified atom stereocenters. The van der Waals surface area contributed by atoms with E-state index in [0.717, 1.165) is 11.8 Å². The number of nitrogens with two attached hydrogens (primary N) is 1. The summed E-state index contributed by atoms with van der Waals surface area (Å²) >= 11 is 1.09. The number of guanidine groups is 1. The number of ether oxygens (including phenoxy) is 1. The van der Waals surface area contributed by atoms with Crippen molar-refractivity contribution in [3.8, 4) is 17.7 Å². The zero-order valence-electron chi connectivity index (χ0n) is 19.2. The molecular weight excluding hydrogens is 478 g/mol. The van der Waals surface area contributed by atoms with Gasteiger partial charge in [-0.15, -0.1) is 0 Å². The Hall–Kier alpha value is -4.32. The van der Waals surface area contributed by atoms with Gasteiger partial charge in [0.05, 0.1) is 16.2 Å². The standard InChI is InChI=1S/C20H25N9O5S/c1-28(2)14-9-12(7-6-11(14)10-21)34-17-15(29(32)33)16(26-20(27-17)35-3)25-13(18(30)31)5-4-8-24-19(22)23/h6-7,9,13H,4-5,8H2,1-3H3,(H,30,31)(H4,22,23,24)(H,25,26,27). The molecule has 0 aliphatic rings. The molecule has 0 aliphatic heterocycles. The first-order valence-electron chi connectivity index (χ1n) is 10.1.